The van der Waals surface area contributed by atoms with Crippen molar-refractivity contribution >= 4 is 17.3 Å². The molecule has 7 nitrogen and oxygen atoms in total. The summed E-state index contributed by atoms with van der Waals surface area (Å²) < 4.78 is 0. The maximum Gasteiger partial charge on any atom is 0.292 e. The van der Waals surface area contributed by atoms with E-state index in [2.05, 4.69) is 15.9 Å². The number of carbonyl (C=O) groups excluding carboxylic acids is 1. The van der Waals surface area contributed by atoms with E-state index in [0.717, 1.165) is 69.8 Å². The number of amides is 1. The lowest BCUT2D eigenvalue weighted by molar-refractivity contribution is -0.384. The highest BCUT2D eigenvalue weighted by molar-refractivity contribution is 5.94. The topological polar surface area (TPSA) is 69.9 Å². The van der Waals surface area contributed by atoms with Gasteiger partial charge in [-0.1, -0.05) is 24.3 Å². The molecule has 7 heteroatoms. The van der Waals surface area contributed by atoms with Gasteiger partial charge in [-0.2, -0.15) is 0 Å². The Hall–Kier alpha value is -2.93. The zero-order valence-corrected chi connectivity index (χ0v) is 17.2. The highest BCUT2D eigenvalue weighted by Gasteiger charge is 2.24. The summed E-state index contributed by atoms with van der Waals surface area (Å²) in [6, 6.07) is 14.9. The molecule has 2 aromatic rings. The van der Waals surface area contributed by atoms with Crippen molar-refractivity contribution in [2.45, 2.75) is 25.8 Å². The Kier molecular flexibility index (Phi) is 6.28. The third kappa shape index (κ3) is 4.62. The van der Waals surface area contributed by atoms with Crippen LogP contribution in [0.4, 0.5) is 11.4 Å². The highest BCUT2D eigenvalue weighted by atomic mass is 16.6. The van der Waals surface area contributed by atoms with Gasteiger partial charge in [-0.15, -0.1) is 0 Å². The van der Waals surface area contributed by atoms with Crippen LogP contribution in [-0.2, 0) is 6.54 Å². The van der Waals surface area contributed by atoms with Gasteiger partial charge in [0.2, 0.25) is 0 Å². The number of benzene rings is 2. The standard InChI is InChI=1S/C23H28N4O3/c28-23(26-11-4-1-5-12-26)20-8-6-7-19(17-20)18-24-13-15-25(16-14-24)21-9-2-3-10-22(21)27(29)30/h2-3,6-10,17H,1,4-5,11-16,18H2. The van der Waals surface area contributed by atoms with Crippen molar-refractivity contribution in [1.29, 1.82) is 0 Å². The monoisotopic (exact) mass is 408 g/mol. The average Bonchev–Trinajstić information content (AvgIpc) is 2.80. The van der Waals surface area contributed by atoms with E-state index in [1.807, 2.05) is 35.2 Å². The van der Waals surface area contributed by atoms with Crippen molar-refractivity contribution in [3.05, 3.63) is 69.8 Å². The lowest BCUT2D eigenvalue weighted by atomic mass is 10.1. The van der Waals surface area contributed by atoms with Crippen molar-refractivity contribution < 1.29 is 9.72 Å². The molecule has 2 aromatic carbocycles. The number of piperazine rings is 1. The number of piperidine rings is 1. The lowest BCUT2D eigenvalue weighted by Crippen LogP contribution is -2.46. The molecular formula is C23H28N4O3. The fourth-order valence-corrected chi connectivity index (χ4v) is 4.37. The zero-order chi connectivity index (χ0) is 20.9. The second-order valence-electron chi connectivity index (χ2n) is 8.06. The molecule has 0 aromatic heterocycles. The number of rotatable bonds is 5. The van der Waals surface area contributed by atoms with Crippen molar-refractivity contribution in [2.75, 3.05) is 44.2 Å². The molecular weight excluding hydrogens is 380 g/mol. The number of anilines is 1. The predicted octanol–water partition coefficient (Wildman–Crippen LogP) is 3.54. The van der Waals surface area contributed by atoms with Gasteiger partial charge in [-0.25, -0.2) is 0 Å². The summed E-state index contributed by atoms with van der Waals surface area (Å²) in [7, 11) is 0. The van der Waals surface area contributed by atoms with Crippen LogP contribution in [0.5, 0.6) is 0 Å². The minimum absolute atomic E-state index is 0.137. The summed E-state index contributed by atoms with van der Waals surface area (Å²) in [4.78, 5) is 30.2. The minimum Gasteiger partial charge on any atom is -0.363 e. The molecule has 2 heterocycles. The Morgan fingerprint density at radius 2 is 1.63 bits per heavy atom. The van der Waals surface area contributed by atoms with Crippen LogP contribution >= 0.6 is 0 Å². The van der Waals surface area contributed by atoms with Gasteiger partial charge >= 0.3 is 0 Å². The molecule has 30 heavy (non-hydrogen) atoms. The van der Waals surface area contributed by atoms with Crippen LogP contribution in [0.2, 0.25) is 0 Å². The molecule has 0 spiro atoms. The van der Waals surface area contributed by atoms with Crippen molar-refractivity contribution in [3.63, 3.8) is 0 Å². The smallest absolute Gasteiger partial charge is 0.292 e. The van der Waals surface area contributed by atoms with Gasteiger partial charge in [0.15, 0.2) is 0 Å². The fourth-order valence-electron chi connectivity index (χ4n) is 4.37. The first kappa shape index (κ1) is 20.3. The van der Waals surface area contributed by atoms with Gasteiger partial charge in [0, 0.05) is 57.4 Å². The van der Waals surface area contributed by atoms with Crippen LogP contribution in [-0.4, -0.2) is 59.9 Å². The van der Waals surface area contributed by atoms with Crippen molar-refractivity contribution in [1.82, 2.24) is 9.80 Å². The maximum absolute atomic E-state index is 12.8. The molecule has 0 bridgehead atoms. The SMILES string of the molecule is O=C(c1cccc(CN2CCN(c3ccccc3[N+](=O)[O-])CC2)c1)N1CCCCC1. The van der Waals surface area contributed by atoms with E-state index < -0.39 is 0 Å². The second kappa shape index (κ2) is 9.26. The Balaban J connectivity index is 1.36. The van der Waals surface area contributed by atoms with E-state index >= 15 is 0 Å². The largest absolute Gasteiger partial charge is 0.363 e. The zero-order valence-electron chi connectivity index (χ0n) is 17.2. The van der Waals surface area contributed by atoms with E-state index in [4.69, 9.17) is 0 Å². The van der Waals surface area contributed by atoms with E-state index in [1.165, 1.54) is 6.42 Å². The predicted molar refractivity (Wildman–Crippen MR) is 117 cm³/mol. The summed E-state index contributed by atoms with van der Waals surface area (Å²) in [6.45, 7) is 5.65. The average molecular weight is 409 g/mol. The lowest BCUT2D eigenvalue weighted by Gasteiger charge is -2.35. The normalized spacial score (nSPS) is 17.7. The quantitative estimate of drug-likeness (QED) is 0.559. The highest BCUT2D eigenvalue weighted by Crippen LogP contribution is 2.28. The molecule has 2 fully saturated rings. The van der Waals surface area contributed by atoms with Gasteiger partial charge < -0.3 is 9.80 Å². The molecule has 0 aliphatic carbocycles. The Bertz CT molecular complexity index is 903. The molecule has 0 N–H and O–H groups in total. The molecule has 4 rings (SSSR count). The van der Waals surface area contributed by atoms with Gasteiger partial charge in [0.1, 0.15) is 5.69 Å². The number of para-hydroxylation sites is 2. The Morgan fingerprint density at radius 1 is 0.900 bits per heavy atom. The number of carbonyl (C=O) groups is 1. The third-order valence-corrected chi connectivity index (χ3v) is 6.01. The summed E-state index contributed by atoms with van der Waals surface area (Å²) >= 11 is 0. The van der Waals surface area contributed by atoms with Crippen LogP contribution in [0.3, 0.4) is 0 Å². The fraction of sp³-hybridized carbons (Fsp3) is 0.435. The molecule has 2 saturated heterocycles. The van der Waals surface area contributed by atoms with Crippen LogP contribution in [0.15, 0.2) is 48.5 Å². The molecule has 2 aliphatic heterocycles. The summed E-state index contributed by atoms with van der Waals surface area (Å²) in [5, 5.41) is 11.3. The van der Waals surface area contributed by atoms with Crippen molar-refractivity contribution in [2.24, 2.45) is 0 Å². The van der Waals surface area contributed by atoms with Crippen LogP contribution < -0.4 is 4.90 Å². The van der Waals surface area contributed by atoms with E-state index in [9.17, 15) is 14.9 Å². The number of nitrogens with zero attached hydrogens (tertiary/aromatic N) is 4. The number of likely N-dealkylation sites (tertiary alicyclic amines) is 1. The van der Waals surface area contributed by atoms with Crippen LogP contribution in [0, 0.1) is 10.1 Å². The third-order valence-electron chi connectivity index (χ3n) is 6.01. The first-order valence-corrected chi connectivity index (χ1v) is 10.7. The maximum atomic E-state index is 12.8. The number of hydrogen-bond acceptors (Lipinski definition) is 5. The number of hydrogen-bond donors (Lipinski definition) is 0. The van der Waals surface area contributed by atoms with Crippen LogP contribution in [0.1, 0.15) is 35.2 Å². The Labute approximate surface area is 177 Å². The van der Waals surface area contributed by atoms with E-state index in [0.29, 0.717) is 5.69 Å². The molecule has 158 valence electrons. The summed E-state index contributed by atoms with van der Waals surface area (Å²) in [6.07, 6.45) is 3.40. The van der Waals surface area contributed by atoms with Gasteiger partial charge in [0.25, 0.3) is 11.6 Å². The second-order valence-corrected chi connectivity index (χ2v) is 8.06. The van der Waals surface area contributed by atoms with E-state index in [1.54, 1.807) is 12.1 Å². The molecule has 0 atom stereocenters. The first-order valence-electron chi connectivity index (χ1n) is 10.7. The molecule has 0 radical (unpaired) electrons. The summed E-state index contributed by atoms with van der Waals surface area (Å²) in [5.74, 6) is 0.137. The molecule has 1 amide bonds. The van der Waals surface area contributed by atoms with Crippen molar-refractivity contribution in [3.8, 4) is 0 Å². The molecule has 0 unspecified atom stereocenters. The minimum atomic E-state index is -0.313. The van der Waals surface area contributed by atoms with Crippen LogP contribution in [0.25, 0.3) is 0 Å². The van der Waals surface area contributed by atoms with E-state index in [-0.39, 0.29) is 16.5 Å². The van der Waals surface area contributed by atoms with Gasteiger partial charge in [-0.05, 0) is 43.0 Å². The summed E-state index contributed by atoms with van der Waals surface area (Å²) in [5.41, 5.74) is 2.76. The molecule has 2 aliphatic rings. The number of nitro groups is 1. The van der Waals surface area contributed by atoms with Gasteiger partial charge in [-0.3, -0.25) is 19.8 Å². The number of nitro benzene ring substituents is 1. The first-order chi connectivity index (χ1) is 14.6. The Morgan fingerprint density at radius 3 is 2.37 bits per heavy atom. The van der Waals surface area contributed by atoms with Gasteiger partial charge in [0.05, 0.1) is 4.92 Å². The molecule has 0 saturated carbocycles.